The second-order valence-corrected chi connectivity index (χ2v) is 9.09. The minimum atomic E-state index is -1.13. The summed E-state index contributed by atoms with van der Waals surface area (Å²) in [5.41, 5.74) is -0.354. The van der Waals surface area contributed by atoms with E-state index in [9.17, 15) is 14.3 Å². The highest BCUT2D eigenvalue weighted by Gasteiger charge is 2.56. The fourth-order valence-corrected chi connectivity index (χ4v) is 5.02. The summed E-state index contributed by atoms with van der Waals surface area (Å²) in [6.07, 6.45) is 2.53. The van der Waals surface area contributed by atoms with Gasteiger partial charge in [-0.05, 0) is 42.0 Å². The molecule has 2 aliphatic rings. The molecule has 5 rings (SSSR count). The number of benzene rings is 3. The first kappa shape index (κ1) is 21.7. The molecule has 4 nitrogen and oxygen atoms in total. The topological polar surface area (TPSA) is 49.8 Å². The molecular weight excluding hydrogens is 417 g/mol. The molecule has 3 aromatic carbocycles. The van der Waals surface area contributed by atoms with Crippen LogP contribution in [-0.2, 0) is 10.4 Å². The van der Waals surface area contributed by atoms with Crippen LogP contribution in [0.1, 0.15) is 36.8 Å². The van der Waals surface area contributed by atoms with Gasteiger partial charge < -0.3 is 14.7 Å². The third-order valence-corrected chi connectivity index (χ3v) is 7.04. The van der Waals surface area contributed by atoms with Gasteiger partial charge in [0.15, 0.2) is 17.2 Å². The lowest BCUT2D eigenvalue weighted by Gasteiger charge is -2.43. The third kappa shape index (κ3) is 4.02. The van der Waals surface area contributed by atoms with E-state index in [4.69, 9.17) is 4.74 Å². The van der Waals surface area contributed by atoms with Crippen LogP contribution in [0.2, 0.25) is 0 Å². The predicted molar refractivity (Wildman–Crippen MR) is 124 cm³/mol. The molecular formula is C28H28FNO3. The SMILES string of the molecule is O=C(N1CCC(C(O)(c2ccccc2)c2ccccc2)CC1)C1(Oc2ccccc2F)CC1. The number of aliphatic hydroxyl groups is 1. The zero-order valence-electron chi connectivity index (χ0n) is 18.5. The summed E-state index contributed by atoms with van der Waals surface area (Å²) in [5.74, 6) is -0.437. The number of rotatable bonds is 6. The summed E-state index contributed by atoms with van der Waals surface area (Å²) in [6.45, 7) is 1.07. The Morgan fingerprint density at radius 2 is 1.39 bits per heavy atom. The molecule has 0 atom stereocenters. The molecule has 1 N–H and O–H groups in total. The summed E-state index contributed by atoms with van der Waals surface area (Å²) in [5, 5.41) is 12.0. The van der Waals surface area contributed by atoms with Crippen LogP contribution in [0.25, 0.3) is 0 Å². The monoisotopic (exact) mass is 445 g/mol. The first-order valence-electron chi connectivity index (χ1n) is 11.6. The number of hydrogen-bond donors (Lipinski definition) is 1. The third-order valence-electron chi connectivity index (χ3n) is 7.04. The van der Waals surface area contributed by atoms with Crippen molar-refractivity contribution in [3.8, 4) is 5.75 Å². The quantitative estimate of drug-likeness (QED) is 0.587. The Hall–Kier alpha value is -3.18. The highest BCUT2D eigenvalue weighted by molar-refractivity contribution is 5.88. The molecule has 1 amide bonds. The van der Waals surface area contributed by atoms with Crippen LogP contribution in [0.5, 0.6) is 5.75 Å². The molecule has 5 heteroatoms. The fourth-order valence-electron chi connectivity index (χ4n) is 5.02. The summed E-state index contributed by atoms with van der Waals surface area (Å²) < 4.78 is 20.0. The molecule has 0 bridgehead atoms. The lowest BCUT2D eigenvalue weighted by atomic mass is 9.72. The lowest BCUT2D eigenvalue weighted by Crippen LogP contribution is -2.50. The van der Waals surface area contributed by atoms with E-state index in [1.165, 1.54) is 6.07 Å². The molecule has 33 heavy (non-hydrogen) atoms. The van der Waals surface area contributed by atoms with Gasteiger partial charge in [-0.15, -0.1) is 0 Å². The molecule has 0 aromatic heterocycles. The fraction of sp³-hybridized carbons (Fsp3) is 0.321. The average Bonchev–Trinajstić information content (AvgIpc) is 3.66. The van der Waals surface area contributed by atoms with Crippen LogP contribution >= 0.6 is 0 Å². The molecule has 1 aliphatic carbocycles. The van der Waals surface area contributed by atoms with E-state index in [1.54, 1.807) is 18.2 Å². The normalized spacial score (nSPS) is 18.1. The number of para-hydroxylation sites is 1. The van der Waals surface area contributed by atoms with Gasteiger partial charge in [-0.1, -0.05) is 72.8 Å². The van der Waals surface area contributed by atoms with Crippen molar-refractivity contribution in [1.29, 1.82) is 0 Å². The maximum Gasteiger partial charge on any atom is 0.266 e. The summed E-state index contributed by atoms with van der Waals surface area (Å²) in [6, 6.07) is 25.7. The number of hydrogen-bond acceptors (Lipinski definition) is 3. The van der Waals surface area contributed by atoms with E-state index in [1.807, 2.05) is 65.6 Å². The molecule has 1 saturated heterocycles. The van der Waals surface area contributed by atoms with Crippen molar-refractivity contribution in [2.75, 3.05) is 13.1 Å². The van der Waals surface area contributed by atoms with E-state index < -0.39 is 17.0 Å². The zero-order chi connectivity index (χ0) is 22.9. The Kier molecular flexibility index (Phi) is 5.67. The summed E-state index contributed by atoms with van der Waals surface area (Å²) in [4.78, 5) is 15.1. The van der Waals surface area contributed by atoms with Crippen molar-refractivity contribution in [2.24, 2.45) is 5.92 Å². The van der Waals surface area contributed by atoms with Crippen LogP contribution in [0.4, 0.5) is 4.39 Å². The molecule has 170 valence electrons. The second kappa shape index (κ2) is 8.64. The van der Waals surface area contributed by atoms with Gasteiger partial charge in [0.1, 0.15) is 5.60 Å². The van der Waals surface area contributed by atoms with Gasteiger partial charge in [-0.3, -0.25) is 4.79 Å². The van der Waals surface area contributed by atoms with Crippen molar-refractivity contribution < 1.29 is 19.0 Å². The van der Waals surface area contributed by atoms with E-state index in [0.29, 0.717) is 38.8 Å². The number of piperidine rings is 1. The van der Waals surface area contributed by atoms with Crippen molar-refractivity contribution in [3.05, 3.63) is 102 Å². The Balaban J connectivity index is 1.33. The minimum absolute atomic E-state index is 0.0333. The molecule has 0 radical (unpaired) electrons. The van der Waals surface area contributed by atoms with Gasteiger partial charge >= 0.3 is 0 Å². The number of carbonyl (C=O) groups excluding carboxylic acids is 1. The van der Waals surface area contributed by atoms with Gasteiger partial charge in [-0.2, -0.15) is 0 Å². The van der Waals surface area contributed by atoms with Gasteiger partial charge in [-0.25, -0.2) is 4.39 Å². The van der Waals surface area contributed by atoms with Crippen molar-refractivity contribution in [2.45, 2.75) is 36.9 Å². The summed E-state index contributed by atoms with van der Waals surface area (Å²) >= 11 is 0. The largest absolute Gasteiger partial charge is 0.474 e. The molecule has 0 unspecified atom stereocenters. The number of likely N-dealkylation sites (tertiary alicyclic amines) is 1. The highest BCUT2D eigenvalue weighted by atomic mass is 19.1. The number of amides is 1. The standard InChI is InChI=1S/C28H28FNO3/c29-24-13-7-8-14-25(24)33-27(17-18-27)26(31)30-19-15-23(16-20-30)28(32,21-9-3-1-4-10-21)22-11-5-2-6-12-22/h1-14,23,32H,15-20H2. The van der Waals surface area contributed by atoms with Crippen LogP contribution in [0.3, 0.4) is 0 Å². The number of ether oxygens (including phenoxy) is 1. The molecule has 1 heterocycles. The van der Waals surface area contributed by atoms with Crippen molar-refractivity contribution in [3.63, 3.8) is 0 Å². The van der Waals surface area contributed by atoms with Gasteiger partial charge in [0.2, 0.25) is 0 Å². The maximum absolute atomic E-state index is 14.1. The molecule has 0 spiro atoms. The van der Waals surface area contributed by atoms with Gasteiger partial charge in [0, 0.05) is 25.9 Å². The van der Waals surface area contributed by atoms with Gasteiger partial charge in [0.25, 0.3) is 5.91 Å². The number of nitrogens with zero attached hydrogens (tertiary/aromatic N) is 1. The Labute approximate surface area is 193 Å². The number of halogens is 1. The van der Waals surface area contributed by atoms with E-state index >= 15 is 0 Å². The lowest BCUT2D eigenvalue weighted by molar-refractivity contribution is -0.143. The highest BCUT2D eigenvalue weighted by Crippen LogP contribution is 2.45. The minimum Gasteiger partial charge on any atom is -0.474 e. The van der Waals surface area contributed by atoms with Crippen LogP contribution in [0, 0.1) is 11.7 Å². The van der Waals surface area contributed by atoms with E-state index in [-0.39, 0.29) is 17.6 Å². The van der Waals surface area contributed by atoms with Gasteiger partial charge in [0.05, 0.1) is 0 Å². The smallest absolute Gasteiger partial charge is 0.266 e. The van der Waals surface area contributed by atoms with Crippen LogP contribution in [0.15, 0.2) is 84.9 Å². The van der Waals surface area contributed by atoms with E-state index in [2.05, 4.69) is 0 Å². The first-order valence-corrected chi connectivity index (χ1v) is 11.6. The first-order chi connectivity index (χ1) is 16.0. The molecule has 1 aliphatic heterocycles. The molecule has 1 saturated carbocycles. The van der Waals surface area contributed by atoms with Crippen LogP contribution < -0.4 is 4.74 Å². The zero-order valence-corrected chi connectivity index (χ0v) is 18.5. The maximum atomic E-state index is 14.1. The van der Waals surface area contributed by atoms with E-state index in [0.717, 1.165) is 11.1 Å². The number of carbonyl (C=O) groups is 1. The predicted octanol–water partition coefficient (Wildman–Crippen LogP) is 4.91. The average molecular weight is 446 g/mol. The Bertz CT molecular complexity index is 1070. The molecule has 3 aromatic rings. The Morgan fingerprint density at radius 1 is 0.879 bits per heavy atom. The second-order valence-electron chi connectivity index (χ2n) is 9.09. The Morgan fingerprint density at radius 3 is 1.91 bits per heavy atom. The van der Waals surface area contributed by atoms with Crippen LogP contribution in [-0.4, -0.2) is 34.6 Å². The summed E-state index contributed by atoms with van der Waals surface area (Å²) in [7, 11) is 0. The molecule has 2 fully saturated rings. The van der Waals surface area contributed by atoms with Crippen molar-refractivity contribution in [1.82, 2.24) is 4.90 Å². The van der Waals surface area contributed by atoms with Crippen molar-refractivity contribution >= 4 is 5.91 Å².